The predicted octanol–water partition coefficient (Wildman–Crippen LogP) is 6.55. The highest BCUT2D eigenvalue weighted by Gasteiger charge is 2.35. The minimum absolute atomic E-state index is 0.157. The van der Waals surface area contributed by atoms with Crippen LogP contribution in [0, 0.1) is 6.92 Å². The molecule has 0 saturated heterocycles. The number of amides is 1. The van der Waals surface area contributed by atoms with Crippen LogP contribution in [0.5, 0.6) is 17.2 Å². The summed E-state index contributed by atoms with van der Waals surface area (Å²) in [6.45, 7) is 3.63. The van der Waals surface area contributed by atoms with Crippen molar-refractivity contribution >= 4 is 34.5 Å². The van der Waals surface area contributed by atoms with E-state index < -0.39 is 24.0 Å². The molecule has 2 heterocycles. The number of fused-ring (bicyclic) bond motifs is 1. The van der Waals surface area contributed by atoms with E-state index in [1.165, 1.54) is 25.1 Å². The quantitative estimate of drug-likeness (QED) is 0.257. The number of benzene rings is 3. The molecule has 1 aliphatic heterocycles. The lowest BCUT2D eigenvalue weighted by Gasteiger charge is -2.27. The van der Waals surface area contributed by atoms with Gasteiger partial charge in [-0.25, -0.2) is 4.79 Å². The number of alkyl halides is 3. The second kappa shape index (κ2) is 9.85. The van der Waals surface area contributed by atoms with Crippen molar-refractivity contribution < 1.29 is 37.3 Å². The topological polar surface area (TPSA) is 85.1 Å². The number of halogens is 4. The van der Waals surface area contributed by atoms with Gasteiger partial charge in [-0.05, 0) is 61.4 Å². The van der Waals surface area contributed by atoms with Gasteiger partial charge in [0.05, 0.1) is 11.2 Å². The maximum atomic E-state index is 12.9. The van der Waals surface area contributed by atoms with Crippen molar-refractivity contribution in [2.75, 3.05) is 0 Å². The number of ether oxygens (including phenoxy) is 3. The number of rotatable bonds is 7. The van der Waals surface area contributed by atoms with Crippen LogP contribution >= 0.6 is 11.6 Å². The highest BCUT2D eigenvalue weighted by molar-refractivity contribution is 6.30. The molecule has 1 aliphatic rings. The van der Waals surface area contributed by atoms with Crippen LogP contribution in [0.2, 0.25) is 5.02 Å². The summed E-state index contributed by atoms with van der Waals surface area (Å²) in [5, 5.41) is 13.2. The minimum Gasteiger partial charge on any atom is -0.859 e. The molecule has 3 aromatic carbocycles. The number of carbonyl (C=O) groups is 1. The maximum Gasteiger partial charge on any atom is 0.573 e. The third-order valence-corrected chi connectivity index (χ3v) is 6.62. The van der Waals surface area contributed by atoms with Gasteiger partial charge in [-0.15, -0.1) is 13.2 Å². The van der Waals surface area contributed by atoms with Crippen molar-refractivity contribution in [1.82, 2.24) is 4.57 Å². The molecule has 1 amide bonds. The average molecular weight is 558 g/mol. The van der Waals surface area contributed by atoms with Crippen molar-refractivity contribution in [2.45, 2.75) is 38.8 Å². The molecule has 0 unspecified atom stereocenters. The van der Waals surface area contributed by atoms with E-state index in [-0.39, 0.29) is 12.2 Å². The Morgan fingerprint density at radius 3 is 2.28 bits per heavy atom. The van der Waals surface area contributed by atoms with E-state index in [0.29, 0.717) is 39.7 Å². The van der Waals surface area contributed by atoms with Crippen LogP contribution in [0.25, 0.3) is 10.9 Å². The van der Waals surface area contributed by atoms with Crippen LogP contribution in [0.1, 0.15) is 23.7 Å². The fraction of sp³-hybridized carbons (Fsp3) is 0.214. The Morgan fingerprint density at radius 2 is 1.67 bits per heavy atom. The molecule has 5 rings (SSSR count). The van der Waals surface area contributed by atoms with E-state index >= 15 is 0 Å². The van der Waals surface area contributed by atoms with Crippen LogP contribution in [-0.4, -0.2) is 28.5 Å². The first kappa shape index (κ1) is 26.4. The zero-order valence-electron chi connectivity index (χ0n) is 20.7. The maximum absolute atomic E-state index is 12.9. The summed E-state index contributed by atoms with van der Waals surface area (Å²) in [5.41, 5.74) is 1.41. The van der Waals surface area contributed by atoms with E-state index in [1.807, 2.05) is 23.6 Å². The number of hydrogen-bond acceptors (Lipinski definition) is 5. The second-order valence-electron chi connectivity index (χ2n) is 9.29. The monoisotopic (exact) mass is 557 g/mol. The highest BCUT2D eigenvalue weighted by Crippen LogP contribution is 2.39. The van der Waals surface area contributed by atoms with Gasteiger partial charge in [0.2, 0.25) is 0 Å². The Balaban J connectivity index is 1.47. The second-order valence-corrected chi connectivity index (χ2v) is 9.73. The van der Waals surface area contributed by atoms with Gasteiger partial charge in [-0.1, -0.05) is 35.9 Å². The molecule has 0 aliphatic carbocycles. The largest absolute Gasteiger partial charge is 0.859 e. The van der Waals surface area contributed by atoms with Crippen molar-refractivity contribution in [3.63, 3.8) is 0 Å². The number of carbonyl (C=O) groups excluding carboxylic acids is 1. The number of hydrogen-bond donors (Lipinski definition) is 0. The summed E-state index contributed by atoms with van der Waals surface area (Å²) in [6, 6.07) is 18.1. The number of aliphatic imine (C=N–C) groups is 1. The summed E-state index contributed by atoms with van der Waals surface area (Å²) in [5.74, 6) is 0.0253. The molecule has 1 aromatic heterocycles. The molecule has 7 nitrogen and oxygen atoms in total. The normalized spacial score (nSPS) is 17.3. The molecule has 0 spiro atoms. The van der Waals surface area contributed by atoms with Crippen molar-refractivity contribution in [2.24, 2.45) is 4.99 Å². The molecule has 4 aromatic rings. The van der Waals surface area contributed by atoms with E-state index in [0.717, 1.165) is 11.1 Å². The van der Waals surface area contributed by atoms with Gasteiger partial charge in [0.15, 0.2) is 5.75 Å². The summed E-state index contributed by atoms with van der Waals surface area (Å²) in [6.07, 6.45) is -5.58. The van der Waals surface area contributed by atoms with Gasteiger partial charge in [0.25, 0.3) is 0 Å². The Labute approximate surface area is 226 Å². The summed E-state index contributed by atoms with van der Waals surface area (Å²) >= 11 is 5.98. The fourth-order valence-corrected chi connectivity index (χ4v) is 4.61. The van der Waals surface area contributed by atoms with Crippen LogP contribution in [0.3, 0.4) is 0 Å². The van der Waals surface area contributed by atoms with Gasteiger partial charge in [0, 0.05) is 35.3 Å². The Bertz CT molecular complexity index is 1580. The minimum atomic E-state index is -4.84. The number of aromatic nitrogens is 1. The summed E-state index contributed by atoms with van der Waals surface area (Å²) in [4.78, 5) is 14.7. The van der Waals surface area contributed by atoms with Gasteiger partial charge in [0.1, 0.15) is 17.1 Å². The third kappa shape index (κ3) is 5.65. The van der Waals surface area contributed by atoms with Crippen LogP contribution in [-0.2, 0) is 17.7 Å². The van der Waals surface area contributed by atoms with Gasteiger partial charge in [-0.2, -0.15) is 4.99 Å². The molecule has 0 fully saturated rings. The third-order valence-electron chi connectivity index (χ3n) is 6.37. The number of nitrogens with zero attached hydrogens (tertiary/aromatic N) is 2. The fourth-order valence-electron chi connectivity index (χ4n) is 4.48. The van der Waals surface area contributed by atoms with Crippen LogP contribution in [0.4, 0.5) is 18.0 Å². The lowest BCUT2D eigenvalue weighted by molar-refractivity contribution is -0.274. The molecular formula is C28H21ClF3N2O5-. The Hall–Kier alpha value is -4.18. The molecule has 39 heavy (non-hydrogen) atoms. The molecule has 202 valence electrons. The van der Waals surface area contributed by atoms with Crippen LogP contribution < -0.4 is 14.6 Å². The Morgan fingerprint density at radius 1 is 1.03 bits per heavy atom. The molecule has 0 bridgehead atoms. The van der Waals surface area contributed by atoms with E-state index in [4.69, 9.17) is 21.1 Å². The van der Waals surface area contributed by atoms with Gasteiger partial charge >= 0.3 is 12.5 Å². The number of cyclic esters (lactones) is 1. The van der Waals surface area contributed by atoms with Crippen molar-refractivity contribution in [3.8, 4) is 17.2 Å². The molecule has 11 heteroatoms. The van der Waals surface area contributed by atoms with E-state index in [1.54, 1.807) is 36.4 Å². The lowest BCUT2D eigenvalue weighted by Crippen LogP contribution is -2.44. The smallest absolute Gasteiger partial charge is 0.573 e. The first-order valence-electron chi connectivity index (χ1n) is 11.8. The van der Waals surface area contributed by atoms with Gasteiger partial charge in [-0.3, -0.25) is 0 Å². The highest BCUT2D eigenvalue weighted by atomic mass is 35.5. The molecule has 1 atom stereocenters. The van der Waals surface area contributed by atoms with Gasteiger partial charge < -0.3 is 23.9 Å². The Kier molecular flexibility index (Phi) is 6.67. The molecular weight excluding hydrogens is 537 g/mol. The van der Waals surface area contributed by atoms with E-state index in [2.05, 4.69) is 9.73 Å². The zero-order chi connectivity index (χ0) is 27.9. The first-order chi connectivity index (χ1) is 18.4. The lowest BCUT2D eigenvalue weighted by atomic mass is 9.95. The SMILES string of the molecule is Cc1c(Oc2ccc(Cl)cc2)c2ccc(OC(F)(F)F)cc2n1Cc1ccc(C[C@@]2(C)OC(=O)N=C2[O-])cc1. The summed E-state index contributed by atoms with van der Waals surface area (Å²) < 4.78 is 56.0. The summed E-state index contributed by atoms with van der Waals surface area (Å²) in [7, 11) is 0. The first-order valence-corrected chi connectivity index (χ1v) is 12.2. The molecule has 0 radical (unpaired) electrons. The standard InChI is InChI=1S/C28H22ClF3N2O5/c1-16-24(37-20-9-7-19(29)8-10-20)22-12-11-21(38-28(30,31)32)13-23(22)34(16)15-18-5-3-17(4-6-18)14-27(2)25(35)33-26(36)39-27/h3-13H,14-15H2,1-2H3,(H,33,35,36)/p-1/t27-/m1/s1. The predicted molar refractivity (Wildman–Crippen MR) is 136 cm³/mol. The molecule has 0 saturated carbocycles. The van der Waals surface area contributed by atoms with Crippen molar-refractivity contribution in [1.29, 1.82) is 0 Å². The average Bonchev–Trinajstić information content (AvgIpc) is 3.26. The van der Waals surface area contributed by atoms with Crippen molar-refractivity contribution in [3.05, 3.63) is 88.6 Å². The zero-order valence-corrected chi connectivity index (χ0v) is 21.5. The van der Waals surface area contributed by atoms with E-state index in [9.17, 15) is 23.1 Å². The molecule has 0 N–H and O–H groups in total. The van der Waals surface area contributed by atoms with Crippen LogP contribution in [0.15, 0.2) is 71.7 Å².